The van der Waals surface area contributed by atoms with Gasteiger partial charge in [0.15, 0.2) is 11.8 Å². The zero-order valence-corrected chi connectivity index (χ0v) is 17.5. The standard InChI is InChI=1S/C28H21N2O/c1-18-10-13-22-23-14-15-24(21-12-11-19-7-3-4-8-20(19)17-21)29-28(23)31-27(22)26(18)25-9-5-6-16-30(25)2/h3-17H,1-2H3/q+1. The first-order valence-electron chi connectivity index (χ1n) is 10.5. The maximum atomic E-state index is 6.40. The molecule has 0 unspecified atom stereocenters. The molecule has 3 aromatic heterocycles. The van der Waals surface area contributed by atoms with Crippen LogP contribution in [0.15, 0.2) is 95.5 Å². The molecule has 0 fully saturated rings. The summed E-state index contributed by atoms with van der Waals surface area (Å²) in [5, 5.41) is 4.57. The van der Waals surface area contributed by atoms with Crippen molar-refractivity contribution in [1.82, 2.24) is 4.98 Å². The molecule has 6 rings (SSSR count). The molecule has 0 aliphatic heterocycles. The quantitative estimate of drug-likeness (QED) is 0.306. The van der Waals surface area contributed by atoms with Crippen LogP contribution >= 0.6 is 0 Å². The smallest absolute Gasteiger partial charge is 0.227 e. The Morgan fingerprint density at radius 2 is 1.58 bits per heavy atom. The lowest BCUT2D eigenvalue weighted by Gasteiger charge is -2.04. The lowest BCUT2D eigenvalue weighted by Crippen LogP contribution is -2.30. The summed E-state index contributed by atoms with van der Waals surface area (Å²) in [4.78, 5) is 4.90. The fraction of sp³-hybridized carbons (Fsp3) is 0.0714. The first-order valence-corrected chi connectivity index (χ1v) is 10.5. The molecule has 0 saturated heterocycles. The van der Waals surface area contributed by atoms with Gasteiger partial charge in [-0.3, -0.25) is 0 Å². The number of rotatable bonds is 2. The molecule has 3 nitrogen and oxygen atoms in total. The molecule has 0 radical (unpaired) electrons. The van der Waals surface area contributed by atoms with Crippen LogP contribution in [0.5, 0.6) is 0 Å². The van der Waals surface area contributed by atoms with Crippen LogP contribution in [0.1, 0.15) is 5.56 Å². The van der Waals surface area contributed by atoms with Crippen molar-refractivity contribution in [3.05, 3.63) is 96.7 Å². The Morgan fingerprint density at radius 1 is 0.774 bits per heavy atom. The summed E-state index contributed by atoms with van der Waals surface area (Å²) in [6.07, 6.45) is 2.06. The molecule has 0 bridgehead atoms. The average molecular weight is 401 g/mol. The number of hydrogen-bond acceptors (Lipinski definition) is 2. The first-order chi connectivity index (χ1) is 15.2. The van der Waals surface area contributed by atoms with Gasteiger partial charge in [-0.1, -0.05) is 48.5 Å². The summed E-state index contributed by atoms with van der Waals surface area (Å²) in [6.45, 7) is 2.13. The molecule has 6 aromatic rings. The summed E-state index contributed by atoms with van der Waals surface area (Å²) in [6, 6.07) is 29.6. The van der Waals surface area contributed by atoms with Crippen molar-refractivity contribution in [2.75, 3.05) is 0 Å². The molecule has 0 saturated carbocycles. The molecule has 0 amide bonds. The van der Waals surface area contributed by atoms with E-state index in [0.29, 0.717) is 5.71 Å². The molecule has 148 valence electrons. The van der Waals surface area contributed by atoms with Crippen LogP contribution < -0.4 is 4.57 Å². The van der Waals surface area contributed by atoms with E-state index in [1.54, 1.807) is 0 Å². The third kappa shape index (κ3) is 2.82. The molecule has 3 aromatic carbocycles. The van der Waals surface area contributed by atoms with Crippen LogP contribution in [0.25, 0.3) is 55.4 Å². The van der Waals surface area contributed by atoms with Crippen molar-refractivity contribution >= 4 is 32.8 Å². The molecule has 3 heterocycles. The average Bonchev–Trinajstić information content (AvgIpc) is 3.17. The van der Waals surface area contributed by atoms with Gasteiger partial charge in [-0.2, -0.15) is 0 Å². The maximum Gasteiger partial charge on any atom is 0.227 e. The number of aromatic nitrogens is 2. The van der Waals surface area contributed by atoms with Crippen LogP contribution in [0, 0.1) is 6.92 Å². The highest BCUT2D eigenvalue weighted by Gasteiger charge is 2.20. The van der Waals surface area contributed by atoms with E-state index in [2.05, 4.69) is 104 Å². The van der Waals surface area contributed by atoms with Gasteiger partial charge < -0.3 is 4.42 Å². The number of hydrogen-bond donors (Lipinski definition) is 0. The summed E-state index contributed by atoms with van der Waals surface area (Å²) in [7, 11) is 2.06. The van der Waals surface area contributed by atoms with Gasteiger partial charge in [-0.25, -0.2) is 9.55 Å². The van der Waals surface area contributed by atoms with Gasteiger partial charge in [-0.05, 0) is 47.5 Å². The van der Waals surface area contributed by atoms with Gasteiger partial charge in [0.2, 0.25) is 11.4 Å². The maximum absolute atomic E-state index is 6.40. The molecule has 31 heavy (non-hydrogen) atoms. The predicted octanol–water partition coefficient (Wildman–Crippen LogP) is 6.60. The number of pyridine rings is 2. The second-order valence-electron chi connectivity index (χ2n) is 8.04. The van der Waals surface area contributed by atoms with Crippen molar-refractivity contribution in [2.45, 2.75) is 6.92 Å². The minimum absolute atomic E-state index is 0.672. The highest BCUT2D eigenvalue weighted by atomic mass is 16.3. The van der Waals surface area contributed by atoms with Crippen LogP contribution in [0.2, 0.25) is 0 Å². The molecule has 0 aliphatic rings. The molecular formula is C28H21N2O+. The summed E-state index contributed by atoms with van der Waals surface area (Å²) < 4.78 is 8.53. The first kappa shape index (κ1) is 17.8. The van der Waals surface area contributed by atoms with Crippen molar-refractivity contribution in [1.29, 1.82) is 0 Å². The largest absolute Gasteiger partial charge is 0.437 e. The van der Waals surface area contributed by atoms with Gasteiger partial charge in [0.05, 0.1) is 11.3 Å². The molecular weight excluding hydrogens is 380 g/mol. The zero-order chi connectivity index (χ0) is 20.9. The van der Waals surface area contributed by atoms with E-state index in [0.717, 1.165) is 38.9 Å². The summed E-state index contributed by atoms with van der Waals surface area (Å²) in [5.41, 5.74) is 6.99. The minimum atomic E-state index is 0.672. The Labute approximate surface area is 180 Å². The molecule has 0 spiro atoms. The van der Waals surface area contributed by atoms with Crippen molar-refractivity contribution in [3.63, 3.8) is 0 Å². The van der Waals surface area contributed by atoms with Crippen LogP contribution in [0.3, 0.4) is 0 Å². The highest BCUT2D eigenvalue weighted by molar-refractivity contribution is 6.09. The Bertz CT molecular complexity index is 1610. The third-order valence-corrected chi connectivity index (χ3v) is 6.07. The second-order valence-corrected chi connectivity index (χ2v) is 8.04. The normalized spacial score (nSPS) is 11.5. The van der Waals surface area contributed by atoms with Crippen molar-refractivity contribution in [2.24, 2.45) is 7.05 Å². The van der Waals surface area contributed by atoms with E-state index in [4.69, 9.17) is 9.40 Å². The zero-order valence-electron chi connectivity index (χ0n) is 17.5. The van der Waals surface area contributed by atoms with Crippen molar-refractivity contribution in [3.8, 4) is 22.5 Å². The minimum Gasteiger partial charge on any atom is -0.437 e. The lowest BCUT2D eigenvalue weighted by molar-refractivity contribution is -0.660. The van der Waals surface area contributed by atoms with E-state index in [1.165, 1.54) is 16.3 Å². The number of aryl methyl sites for hydroxylation is 2. The number of furan rings is 1. The number of fused-ring (bicyclic) bond motifs is 4. The fourth-order valence-corrected chi connectivity index (χ4v) is 4.43. The number of nitrogens with zero attached hydrogens (tertiary/aromatic N) is 2. The fourth-order valence-electron chi connectivity index (χ4n) is 4.43. The van der Waals surface area contributed by atoms with E-state index in [9.17, 15) is 0 Å². The van der Waals surface area contributed by atoms with E-state index >= 15 is 0 Å². The van der Waals surface area contributed by atoms with Gasteiger partial charge in [0, 0.05) is 28.5 Å². The highest BCUT2D eigenvalue weighted by Crippen LogP contribution is 2.37. The predicted molar refractivity (Wildman–Crippen MR) is 126 cm³/mol. The van der Waals surface area contributed by atoms with E-state index < -0.39 is 0 Å². The van der Waals surface area contributed by atoms with E-state index in [-0.39, 0.29) is 0 Å². The SMILES string of the molecule is Cc1ccc2c(oc3nc(-c4ccc5ccccc5c4)ccc32)c1-c1cccc[n+]1C. The van der Waals surface area contributed by atoms with Gasteiger partial charge in [0.25, 0.3) is 0 Å². The van der Waals surface area contributed by atoms with Gasteiger partial charge in [-0.15, -0.1) is 0 Å². The van der Waals surface area contributed by atoms with Crippen molar-refractivity contribution < 1.29 is 8.98 Å². The second kappa shape index (κ2) is 6.78. The third-order valence-electron chi connectivity index (χ3n) is 6.07. The topological polar surface area (TPSA) is 29.9 Å². The van der Waals surface area contributed by atoms with Gasteiger partial charge in [0.1, 0.15) is 7.05 Å². The Balaban J connectivity index is 1.58. The van der Waals surface area contributed by atoms with Crippen LogP contribution in [-0.4, -0.2) is 4.98 Å². The molecule has 0 aliphatic carbocycles. The van der Waals surface area contributed by atoms with E-state index in [1.807, 2.05) is 6.07 Å². The Kier molecular flexibility index (Phi) is 3.90. The molecule has 0 N–H and O–H groups in total. The monoisotopic (exact) mass is 401 g/mol. The number of benzene rings is 3. The summed E-state index contributed by atoms with van der Waals surface area (Å²) >= 11 is 0. The molecule has 3 heteroatoms. The Morgan fingerprint density at radius 3 is 2.45 bits per heavy atom. The van der Waals surface area contributed by atoms with Crippen LogP contribution in [-0.2, 0) is 7.05 Å². The summed E-state index contributed by atoms with van der Waals surface area (Å²) in [5.74, 6) is 0. The lowest BCUT2D eigenvalue weighted by atomic mass is 10.0. The van der Waals surface area contributed by atoms with Gasteiger partial charge >= 0.3 is 0 Å². The molecule has 0 atom stereocenters. The Hall–Kier alpha value is -3.98. The van der Waals surface area contributed by atoms with Crippen LogP contribution in [0.4, 0.5) is 0 Å².